The number of aromatic nitrogens is 3. The number of hydrogen-bond acceptors (Lipinski definition) is 3. The van der Waals surface area contributed by atoms with Crippen molar-refractivity contribution in [2.75, 3.05) is 0 Å². The first-order valence-electron chi connectivity index (χ1n) is 5.18. The molecule has 0 aromatic carbocycles. The van der Waals surface area contributed by atoms with Crippen LogP contribution in [-0.2, 0) is 0 Å². The summed E-state index contributed by atoms with van der Waals surface area (Å²) in [6.45, 7) is 1.78. The second-order valence-electron chi connectivity index (χ2n) is 3.72. The average molecular weight is 269 g/mol. The zero-order chi connectivity index (χ0) is 13.1. The molecule has 2 rings (SSSR count). The molecule has 2 aromatic rings. The third-order valence-electron chi connectivity index (χ3n) is 2.42. The summed E-state index contributed by atoms with van der Waals surface area (Å²) in [7, 11) is 0. The van der Waals surface area contributed by atoms with Gasteiger partial charge in [-0.2, -0.15) is 5.10 Å². The van der Waals surface area contributed by atoms with E-state index >= 15 is 0 Å². The lowest BCUT2D eigenvalue weighted by atomic mass is 10.1. The molecule has 0 aliphatic heterocycles. The van der Waals surface area contributed by atoms with Gasteiger partial charge in [0, 0.05) is 11.8 Å². The van der Waals surface area contributed by atoms with E-state index in [4.69, 9.17) is 11.6 Å². The third-order valence-corrected chi connectivity index (χ3v) is 2.72. The molecule has 18 heavy (non-hydrogen) atoms. The quantitative estimate of drug-likeness (QED) is 0.838. The van der Waals surface area contributed by atoms with Gasteiger partial charge >= 0.3 is 0 Å². The molecule has 2 aromatic heterocycles. The SMILES string of the molecule is CC(NC(=O)c1cc(F)cnc1Cl)c1cn[nH]c1. The molecule has 1 amide bonds. The third kappa shape index (κ3) is 2.65. The Labute approximate surface area is 107 Å². The van der Waals surface area contributed by atoms with E-state index in [1.165, 1.54) is 0 Å². The van der Waals surface area contributed by atoms with Crippen molar-refractivity contribution < 1.29 is 9.18 Å². The second kappa shape index (κ2) is 5.14. The predicted molar refractivity (Wildman–Crippen MR) is 63.7 cm³/mol. The Balaban J connectivity index is 2.15. The maximum atomic E-state index is 13.0. The zero-order valence-corrected chi connectivity index (χ0v) is 10.2. The van der Waals surface area contributed by atoms with Crippen molar-refractivity contribution in [3.63, 3.8) is 0 Å². The fourth-order valence-electron chi connectivity index (χ4n) is 1.44. The van der Waals surface area contributed by atoms with Gasteiger partial charge in [0.15, 0.2) is 0 Å². The number of carbonyl (C=O) groups is 1. The number of amides is 1. The van der Waals surface area contributed by atoms with Gasteiger partial charge in [-0.15, -0.1) is 0 Å². The van der Waals surface area contributed by atoms with E-state index in [0.717, 1.165) is 17.8 Å². The minimum atomic E-state index is -0.611. The van der Waals surface area contributed by atoms with E-state index < -0.39 is 11.7 Å². The van der Waals surface area contributed by atoms with Crippen LogP contribution in [0.2, 0.25) is 5.15 Å². The number of rotatable bonds is 3. The van der Waals surface area contributed by atoms with Crippen molar-refractivity contribution in [2.45, 2.75) is 13.0 Å². The number of hydrogen-bond donors (Lipinski definition) is 2. The summed E-state index contributed by atoms with van der Waals surface area (Å²) < 4.78 is 13.0. The van der Waals surface area contributed by atoms with Crippen molar-refractivity contribution in [1.82, 2.24) is 20.5 Å². The molecule has 0 radical (unpaired) electrons. The summed E-state index contributed by atoms with van der Waals surface area (Å²) in [6.07, 6.45) is 4.21. The first-order chi connectivity index (χ1) is 8.58. The van der Waals surface area contributed by atoms with E-state index in [-0.39, 0.29) is 16.8 Å². The van der Waals surface area contributed by atoms with E-state index in [1.807, 2.05) is 0 Å². The highest BCUT2D eigenvalue weighted by Gasteiger charge is 2.16. The first-order valence-corrected chi connectivity index (χ1v) is 5.56. The summed E-state index contributed by atoms with van der Waals surface area (Å²) in [5.41, 5.74) is 0.816. The lowest BCUT2D eigenvalue weighted by molar-refractivity contribution is 0.0939. The van der Waals surface area contributed by atoms with Gasteiger partial charge in [-0.3, -0.25) is 9.89 Å². The van der Waals surface area contributed by atoms with Gasteiger partial charge in [0.2, 0.25) is 0 Å². The van der Waals surface area contributed by atoms with Crippen LogP contribution >= 0.6 is 11.6 Å². The molecule has 2 N–H and O–H groups in total. The number of halogens is 2. The van der Waals surface area contributed by atoms with Gasteiger partial charge < -0.3 is 5.32 Å². The minimum absolute atomic E-state index is 0.00649. The summed E-state index contributed by atoms with van der Waals surface area (Å²) in [6, 6.07) is 0.780. The van der Waals surface area contributed by atoms with Gasteiger partial charge in [-0.25, -0.2) is 9.37 Å². The summed E-state index contributed by atoms with van der Waals surface area (Å²) >= 11 is 5.74. The van der Waals surface area contributed by atoms with Gasteiger partial charge in [0.25, 0.3) is 5.91 Å². The Kier molecular flexibility index (Phi) is 3.57. The van der Waals surface area contributed by atoms with Crippen LogP contribution in [0.4, 0.5) is 4.39 Å². The van der Waals surface area contributed by atoms with Crippen LogP contribution in [0.25, 0.3) is 0 Å². The molecule has 5 nitrogen and oxygen atoms in total. The van der Waals surface area contributed by atoms with E-state index in [0.29, 0.717) is 0 Å². The van der Waals surface area contributed by atoms with Crippen LogP contribution in [-0.4, -0.2) is 21.1 Å². The molecule has 1 atom stereocenters. The minimum Gasteiger partial charge on any atom is -0.345 e. The summed E-state index contributed by atoms with van der Waals surface area (Å²) in [4.78, 5) is 15.5. The van der Waals surface area contributed by atoms with Crippen molar-refractivity contribution in [1.29, 1.82) is 0 Å². The largest absolute Gasteiger partial charge is 0.345 e. The highest BCUT2D eigenvalue weighted by atomic mass is 35.5. The first kappa shape index (κ1) is 12.5. The number of H-pyrrole nitrogens is 1. The topological polar surface area (TPSA) is 70.7 Å². The standard InChI is InChI=1S/C11H10ClFN4O/c1-6(7-3-15-16-4-7)17-11(18)9-2-8(13)5-14-10(9)12/h2-6H,1H3,(H,15,16)(H,17,18). The molecule has 0 saturated carbocycles. The fraction of sp³-hybridized carbons (Fsp3) is 0.182. The number of nitrogens with one attached hydrogen (secondary N) is 2. The molecule has 0 spiro atoms. The molecule has 0 fully saturated rings. The molecular weight excluding hydrogens is 259 g/mol. The molecular formula is C11H10ClFN4O. The highest BCUT2D eigenvalue weighted by Crippen LogP contribution is 2.16. The fourth-order valence-corrected chi connectivity index (χ4v) is 1.63. The number of pyridine rings is 1. The van der Waals surface area contributed by atoms with E-state index in [1.54, 1.807) is 19.3 Å². The van der Waals surface area contributed by atoms with Crippen LogP contribution in [0.5, 0.6) is 0 Å². The maximum Gasteiger partial charge on any atom is 0.254 e. The van der Waals surface area contributed by atoms with Gasteiger partial charge in [0.1, 0.15) is 11.0 Å². The Morgan fingerprint density at radius 1 is 1.56 bits per heavy atom. The average Bonchev–Trinajstić information content (AvgIpc) is 2.85. The van der Waals surface area contributed by atoms with Gasteiger partial charge in [-0.1, -0.05) is 11.6 Å². The van der Waals surface area contributed by atoms with Crippen LogP contribution in [0.15, 0.2) is 24.7 Å². The van der Waals surface area contributed by atoms with Crippen LogP contribution in [0, 0.1) is 5.82 Å². The van der Waals surface area contributed by atoms with Crippen molar-refractivity contribution >= 4 is 17.5 Å². The second-order valence-corrected chi connectivity index (χ2v) is 4.08. The maximum absolute atomic E-state index is 13.0. The Morgan fingerprint density at radius 2 is 2.33 bits per heavy atom. The Bertz CT molecular complexity index is 558. The lowest BCUT2D eigenvalue weighted by Gasteiger charge is -2.12. The molecule has 0 saturated heterocycles. The predicted octanol–water partition coefficient (Wildman–Crippen LogP) is 2.09. The molecule has 0 aliphatic carbocycles. The number of aromatic amines is 1. The highest BCUT2D eigenvalue weighted by molar-refractivity contribution is 6.32. The van der Waals surface area contributed by atoms with Crippen LogP contribution in [0.3, 0.4) is 0 Å². The Morgan fingerprint density at radius 3 is 3.00 bits per heavy atom. The molecule has 0 aliphatic rings. The monoisotopic (exact) mass is 268 g/mol. The number of carbonyl (C=O) groups excluding carboxylic acids is 1. The van der Waals surface area contributed by atoms with Crippen LogP contribution < -0.4 is 5.32 Å². The molecule has 7 heteroatoms. The summed E-state index contributed by atoms with van der Waals surface area (Å²) in [5, 5.41) is 9.07. The van der Waals surface area contributed by atoms with Gasteiger partial charge in [0.05, 0.1) is 24.0 Å². The smallest absolute Gasteiger partial charge is 0.254 e. The molecule has 94 valence electrons. The molecule has 1 unspecified atom stereocenters. The van der Waals surface area contributed by atoms with E-state index in [2.05, 4.69) is 20.5 Å². The zero-order valence-electron chi connectivity index (χ0n) is 9.45. The van der Waals surface area contributed by atoms with Crippen molar-refractivity contribution in [2.24, 2.45) is 0 Å². The number of nitrogens with zero attached hydrogens (tertiary/aromatic N) is 2. The van der Waals surface area contributed by atoms with Crippen LogP contribution in [0.1, 0.15) is 28.9 Å². The lowest BCUT2D eigenvalue weighted by Crippen LogP contribution is -2.27. The van der Waals surface area contributed by atoms with Gasteiger partial charge in [-0.05, 0) is 13.0 Å². The summed E-state index contributed by atoms with van der Waals surface area (Å²) in [5.74, 6) is -1.10. The Hall–Kier alpha value is -1.95. The van der Waals surface area contributed by atoms with E-state index in [9.17, 15) is 9.18 Å². The molecule has 2 heterocycles. The van der Waals surface area contributed by atoms with Crippen molar-refractivity contribution in [3.8, 4) is 0 Å². The normalized spacial score (nSPS) is 12.2. The molecule has 0 bridgehead atoms. The van der Waals surface area contributed by atoms with Crippen molar-refractivity contribution in [3.05, 3.63) is 46.8 Å².